The lowest BCUT2D eigenvalue weighted by atomic mass is 10.1. The lowest BCUT2D eigenvalue weighted by Gasteiger charge is -2.16. The Morgan fingerprint density at radius 3 is 2.50 bits per heavy atom. The summed E-state index contributed by atoms with van der Waals surface area (Å²) in [5.41, 5.74) is 2.82. The van der Waals surface area contributed by atoms with Crippen LogP contribution in [0.25, 0.3) is 0 Å². The monoisotopic (exact) mass is 450 g/mol. The molecule has 164 valence electrons. The maximum Gasteiger partial charge on any atom is 0.277 e. The van der Waals surface area contributed by atoms with Gasteiger partial charge >= 0.3 is 0 Å². The third kappa shape index (κ3) is 5.22. The van der Waals surface area contributed by atoms with Gasteiger partial charge in [0.2, 0.25) is 0 Å². The molecule has 0 N–H and O–H groups in total. The van der Waals surface area contributed by atoms with Gasteiger partial charge < -0.3 is 4.57 Å². The Kier molecular flexibility index (Phi) is 6.95. The predicted octanol–water partition coefficient (Wildman–Crippen LogP) is 4.40. The van der Waals surface area contributed by atoms with E-state index < -0.39 is 0 Å². The summed E-state index contributed by atoms with van der Waals surface area (Å²) in [5.74, 6) is 0.0687. The molecule has 0 bridgehead atoms. The first kappa shape index (κ1) is 22.1. The summed E-state index contributed by atoms with van der Waals surface area (Å²) < 4.78 is 15.0. The fraction of sp³-hybridized carbons (Fsp3) is 0.280. The fourth-order valence-electron chi connectivity index (χ4n) is 3.86. The molecule has 0 fully saturated rings. The van der Waals surface area contributed by atoms with Crippen LogP contribution in [0, 0.1) is 5.82 Å². The van der Waals surface area contributed by atoms with Crippen LogP contribution >= 0.6 is 11.8 Å². The number of aromatic nitrogens is 2. The topological polar surface area (TPSA) is 69.0 Å². The van der Waals surface area contributed by atoms with Crippen molar-refractivity contribution in [1.82, 2.24) is 9.55 Å². The number of carbonyl (C=O) groups excluding carboxylic acids is 2. The van der Waals surface area contributed by atoms with Crippen LogP contribution in [0.15, 0.2) is 64.5 Å². The summed E-state index contributed by atoms with van der Waals surface area (Å²) >= 11 is 1.36. The highest BCUT2D eigenvalue weighted by atomic mass is 32.2. The second kappa shape index (κ2) is 10.0. The molecule has 0 atom stereocenters. The van der Waals surface area contributed by atoms with Crippen LogP contribution < -0.4 is 5.56 Å². The molecule has 1 aromatic heterocycles. The first-order valence-electron chi connectivity index (χ1n) is 10.6. The van der Waals surface area contributed by atoms with Gasteiger partial charge in [0.15, 0.2) is 16.7 Å². The highest BCUT2D eigenvalue weighted by molar-refractivity contribution is 7.98. The van der Waals surface area contributed by atoms with Crippen molar-refractivity contribution in [2.24, 2.45) is 0 Å². The van der Waals surface area contributed by atoms with Crippen molar-refractivity contribution >= 4 is 23.3 Å². The van der Waals surface area contributed by atoms with Crippen LogP contribution in [0.3, 0.4) is 0 Å². The summed E-state index contributed by atoms with van der Waals surface area (Å²) in [6, 6.07) is 15.1. The summed E-state index contributed by atoms with van der Waals surface area (Å²) in [6.45, 7) is 0.0867. The van der Waals surface area contributed by atoms with Gasteiger partial charge in [-0.05, 0) is 37.0 Å². The molecule has 1 heterocycles. The molecule has 1 aliphatic rings. The molecule has 0 aliphatic heterocycles. The van der Waals surface area contributed by atoms with E-state index in [-0.39, 0.29) is 42.3 Å². The van der Waals surface area contributed by atoms with Gasteiger partial charge in [-0.25, -0.2) is 4.39 Å². The normalized spacial score (nSPS) is 12.5. The number of thioether (sulfide) groups is 1. The van der Waals surface area contributed by atoms with Gasteiger partial charge in [0.25, 0.3) is 5.56 Å². The zero-order valence-electron chi connectivity index (χ0n) is 17.6. The number of halogens is 1. The van der Waals surface area contributed by atoms with E-state index in [1.54, 1.807) is 36.4 Å². The number of fused-ring (bicyclic) bond motifs is 1. The molecular formula is C25H23FN2O3S. The summed E-state index contributed by atoms with van der Waals surface area (Å²) in [4.78, 5) is 41.8. The van der Waals surface area contributed by atoms with Gasteiger partial charge in [0.05, 0.1) is 6.54 Å². The Labute approximate surface area is 189 Å². The highest BCUT2D eigenvalue weighted by Gasteiger charge is 2.23. The second-order valence-electron chi connectivity index (χ2n) is 7.81. The Bertz CT molecular complexity index is 1190. The van der Waals surface area contributed by atoms with E-state index in [0.717, 1.165) is 24.1 Å². The van der Waals surface area contributed by atoms with Crippen molar-refractivity contribution in [3.8, 4) is 0 Å². The Balaban J connectivity index is 1.49. The molecule has 0 unspecified atom stereocenters. The van der Waals surface area contributed by atoms with Crippen LogP contribution in [0.4, 0.5) is 4.39 Å². The van der Waals surface area contributed by atoms with Crippen LogP contribution in [-0.4, -0.2) is 21.1 Å². The van der Waals surface area contributed by atoms with Gasteiger partial charge in [0.1, 0.15) is 5.82 Å². The molecule has 0 amide bonds. The standard InChI is InChI=1S/C25H23FN2O3S/c26-19-11-9-17(10-12-19)16-32-25-27-24(31)21-7-4-8-22(21)28(25)15-20(29)13-14-23(30)18-5-2-1-3-6-18/h1-3,5-6,9-12H,4,7-8,13-16H2. The minimum atomic E-state index is -0.304. The fourth-order valence-corrected chi connectivity index (χ4v) is 4.83. The molecular weight excluding hydrogens is 427 g/mol. The maximum atomic E-state index is 13.2. The van der Waals surface area contributed by atoms with Gasteiger partial charge in [-0.1, -0.05) is 54.2 Å². The van der Waals surface area contributed by atoms with Gasteiger partial charge in [-0.2, -0.15) is 4.98 Å². The van der Waals surface area contributed by atoms with E-state index >= 15 is 0 Å². The van der Waals surface area contributed by atoms with E-state index in [4.69, 9.17) is 0 Å². The van der Waals surface area contributed by atoms with E-state index in [0.29, 0.717) is 28.5 Å². The largest absolute Gasteiger partial charge is 0.317 e. The summed E-state index contributed by atoms with van der Waals surface area (Å²) in [7, 11) is 0. The van der Waals surface area contributed by atoms with Crippen molar-refractivity contribution in [2.75, 3.05) is 0 Å². The van der Waals surface area contributed by atoms with Gasteiger partial charge in [-0.3, -0.25) is 14.4 Å². The van der Waals surface area contributed by atoms with Crippen LogP contribution in [-0.2, 0) is 29.9 Å². The number of rotatable bonds is 9. The number of ketones is 2. The van der Waals surface area contributed by atoms with Crippen molar-refractivity contribution in [3.63, 3.8) is 0 Å². The lowest BCUT2D eigenvalue weighted by molar-refractivity contribution is -0.119. The van der Waals surface area contributed by atoms with Gasteiger partial charge in [-0.15, -0.1) is 0 Å². The maximum absolute atomic E-state index is 13.2. The quantitative estimate of drug-likeness (QED) is 0.275. The third-order valence-electron chi connectivity index (χ3n) is 5.54. The summed E-state index contributed by atoms with van der Waals surface area (Å²) in [5, 5.41) is 0.489. The van der Waals surface area contributed by atoms with Crippen LogP contribution in [0.2, 0.25) is 0 Å². The second-order valence-corrected chi connectivity index (χ2v) is 8.75. The SMILES string of the molecule is O=C(CCC(=O)c1ccccc1)Cn1c(SCc2ccc(F)cc2)nc(=O)c2c1CCC2. The lowest BCUT2D eigenvalue weighted by Crippen LogP contribution is -2.24. The number of hydrogen-bond donors (Lipinski definition) is 0. The van der Waals surface area contributed by atoms with Crippen molar-refractivity contribution < 1.29 is 14.0 Å². The molecule has 2 aromatic carbocycles. The number of benzene rings is 2. The average molecular weight is 451 g/mol. The molecule has 5 nitrogen and oxygen atoms in total. The molecule has 0 saturated heterocycles. The zero-order valence-corrected chi connectivity index (χ0v) is 18.4. The van der Waals surface area contributed by atoms with Crippen molar-refractivity contribution in [3.05, 3.63) is 93.2 Å². The molecule has 32 heavy (non-hydrogen) atoms. The average Bonchev–Trinajstić information content (AvgIpc) is 3.30. The first-order valence-corrected chi connectivity index (χ1v) is 11.6. The third-order valence-corrected chi connectivity index (χ3v) is 6.59. The number of hydrogen-bond acceptors (Lipinski definition) is 5. The Morgan fingerprint density at radius 1 is 1.00 bits per heavy atom. The zero-order chi connectivity index (χ0) is 22.5. The van der Waals surface area contributed by atoms with E-state index in [1.807, 2.05) is 10.6 Å². The van der Waals surface area contributed by atoms with Gasteiger partial charge in [0, 0.05) is 35.4 Å². The van der Waals surface area contributed by atoms with Crippen molar-refractivity contribution in [2.45, 2.75) is 49.6 Å². The molecule has 7 heteroatoms. The molecule has 0 spiro atoms. The van der Waals surface area contributed by atoms with E-state index in [9.17, 15) is 18.8 Å². The molecule has 3 aromatic rings. The molecule has 0 radical (unpaired) electrons. The number of Topliss-reactive ketones (excluding diaryl/α,β-unsaturated/α-hetero) is 2. The predicted molar refractivity (Wildman–Crippen MR) is 121 cm³/mol. The van der Waals surface area contributed by atoms with Crippen molar-refractivity contribution in [1.29, 1.82) is 0 Å². The molecule has 0 saturated carbocycles. The number of nitrogens with zero attached hydrogens (tertiary/aromatic N) is 2. The number of carbonyl (C=O) groups is 2. The van der Waals surface area contributed by atoms with Crippen LogP contribution in [0.1, 0.15) is 46.4 Å². The van der Waals surface area contributed by atoms with E-state index in [1.165, 1.54) is 23.9 Å². The smallest absolute Gasteiger partial charge is 0.277 e. The molecule has 1 aliphatic carbocycles. The minimum absolute atomic E-state index is 0.0619. The first-order chi connectivity index (χ1) is 15.5. The minimum Gasteiger partial charge on any atom is -0.317 e. The summed E-state index contributed by atoms with van der Waals surface area (Å²) in [6.07, 6.45) is 2.55. The van der Waals surface area contributed by atoms with E-state index in [2.05, 4.69) is 4.98 Å². The Hall–Kier alpha value is -3.06. The molecule has 4 rings (SSSR count). The van der Waals surface area contributed by atoms with Crippen LogP contribution in [0.5, 0.6) is 0 Å². The highest BCUT2D eigenvalue weighted by Crippen LogP contribution is 2.26. The Morgan fingerprint density at radius 2 is 1.75 bits per heavy atom.